The van der Waals surface area contributed by atoms with Gasteiger partial charge in [0.15, 0.2) is 0 Å². The molecule has 0 radical (unpaired) electrons. The molecule has 35 heavy (non-hydrogen) atoms. The predicted molar refractivity (Wildman–Crippen MR) is 135 cm³/mol. The molecule has 0 aliphatic heterocycles. The predicted octanol–water partition coefficient (Wildman–Crippen LogP) is 4.37. The molecule has 0 saturated heterocycles. The largest absolute Gasteiger partial charge is 0.352 e. The highest BCUT2D eigenvalue weighted by Gasteiger charge is 2.31. The van der Waals surface area contributed by atoms with E-state index < -0.39 is 34.3 Å². The van der Waals surface area contributed by atoms with E-state index in [0.717, 1.165) is 36.2 Å². The lowest BCUT2D eigenvalue weighted by molar-refractivity contribution is -0.139. The van der Waals surface area contributed by atoms with Crippen molar-refractivity contribution in [3.05, 3.63) is 63.9 Å². The summed E-state index contributed by atoms with van der Waals surface area (Å²) in [5.41, 5.74) is 0.765. The minimum Gasteiger partial charge on any atom is -0.352 e. The van der Waals surface area contributed by atoms with Crippen LogP contribution in [0.15, 0.2) is 42.5 Å². The first-order chi connectivity index (χ1) is 16.5. The summed E-state index contributed by atoms with van der Waals surface area (Å²) < 4.78 is 39.5. The minimum absolute atomic E-state index is 0.00264. The number of nitrogens with zero attached hydrogens (tertiary/aromatic N) is 2. The summed E-state index contributed by atoms with van der Waals surface area (Å²) in [5, 5.41) is 3.36. The highest BCUT2D eigenvalue weighted by molar-refractivity contribution is 7.92. The van der Waals surface area contributed by atoms with Crippen molar-refractivity contribution >= 4 is 50.7 Å². The van der Waals surface area contributed by atoms with Gasteiger partial charge in [0.2, 0.25) is 21.8 Å². The standard InChI is InChI=1S/C24H28Cl2FN3O4S/c1-16(24(32)28-19-5-3-4-6-19)29(14-17-7-9-18(27)10-8-17)23(31)15-30(35(2,33)34)20-11-12-21(25)22(26)13-20/h7-13,16,19H,3-6,14-15H2,1-2H3,(H,28,32). The molecular weight excluding hydrogens is 516 g/mol. The Hall–Kier alpha value is -2.36. The highest BCUT2D eigenvalue weighted by Crippen LogP contribution is 2.28. The second-order valence-corrected chi connectivity index (χ2v) is 11.4. The highest BCUT2D eigenvalue weighted by atomic mass is 35.5. The van der Waals surface area contributed by atoms with Gasteiger partial charge in [0.25, 0.3) is 0 Å². The molecule has 3 rings (SSSR count). The molecule has 1 aliphatic rings. The third kappa shape index (κ3) is 7.32. The third-order valence-corrected chi connectivity index (χ3v) is 7.89. The number of carbonyl (C=O) groups excluding carboxylic acids is 2. The summed E-state index contributed by atoms with van der Waals surface area (Å²) in [7, 11) is -3.89. The maximum absolute atomic E-state index is 13.5. The molecule has 0 spiro atoms. The first-order valence-corrected chi connectivity index (χ1v) is 13.8. The van der Waals surface area contributed by atoms with Gasteiger partial charge in [-0.05, 0) is 55.7 Å². The van der Waals surface area contributed by atoms with Crippen LogP contribution in [0.25, 0.3) is 0 Å². The number of halogens is 3. The molecule has 190 valence electrons. The number of hydrogen-bond acceptors (Lipinski definition) is 4. The molecule has 0 heterocycles. The number of carbonyl (C=O) groups is 2. The van der Waals surface area contributed by atoms with Crippen LogP contribution in [0.1, 0.15) is 38.2 Å². The normalized spacial score (nSPS) is 15.0. The average Bonchev–Trinajstić information content (AvgIpc) is 3.30. The number of benzene rings is 2. The quantitative estimate of drug-likeness (QED) is 0.508. The Morgan fingerprint density at radius 2 is 1.71 bits per heavy atom. The lowest BCUT2D eigenvalue weighted by Crippen LogP contribution is -2.52. The fourth-order valence-corrected chi connectivity index (χ4v) is 5.15. The monoisotopic (exact) mass is 543 g/mol. The van der Waals surface area contributed by atoms with E-state index in [-0.39, 0.29) is 34.2 Å². The maximum atomic E-state index is 13.5. The zero-order valence-electron chi connectivity index (χ0n) is 19.5. The fourth-order valence-electron chi connectivity index (χ4n) is 4.01. The van der Waals surface area contributed by atoms with Crippen molar-refractivity contribution < 1.29 is 22.4 Å². The summed E-state index contributed by atoms with van der Waals surface area (Å²) in [6.45, 7) is 1.03. The van der Waals surface area contributed by atoms with Gasteiger partial charge in [-0.3, -0.25) is 13.9 Å². The zero-order valence-corrected chi connectivity index (χ0v) is 21.8. The van der Waals surface area contributed by atoms with Crippen molar-refractivity contribution in [3.63, 3.8) is 0 Å². The van der Waals surface area contributed by atoms with Crippen LogP contribution in [0.5, 0.6) is 0 Å². The molecule has 11 heteroatoms. The minimum atomic E-state index is -3.89. The molecule has 1 unspecified atom stereocenters. The van der Waals surface area contributed by atoms with E-state index in [4.69, 9.17) is 23.2 Å². The summed E-state index contributed by atoms with van der Waals surface area (Å²) in [5.74, 6) is -1.35. The molecule has 0 aromatic heterocycles. The molecule has 1 aliphatic carbocycles. The van der Waals surface area contributed by atoms with E-state index in [0.29, 0.717) is 5.56 Å². The number of anilines is 1. The Bertz CT molecular complexity index is 1170. The third-order valence-electron chi connectivity index (χ3n) is 6.01. The van der Waals surface area contributed by atoms with Crippen molar-refractivity contribution in [1.82, 2.24) is 10.2 Å². The van der Waals surface area contributed by atoms with Crippen LogP contribution in [0, 0.1) is 5.82 Å². The topological polar surface area (TPSA) is 86.8 Å². The van der Waals surface area contributed by atoms with Crippen LogP contribution < -0.4 is 9.62 Å². The molecule has 1 fully saturated rings. The summed E-state index contributed by atoms with van der Waals surface area (Å²) in [4.78, 5) is 27.8. The van der Waals surface area contributed by atoms with Gasteiger partial charge < -0.3 is 10.2 Å². The van der Waals surface area contributed by atoms with Gasteiger partial charge in [0, 0.05) is 12.6 Å². The average molecular weight is 544 g/mol. The van der Waals surface area contributed by atoms with E-state index in [1.54, 1.807) is 6.92 Å². The molecule has 2 aromatic rings. The van der Waals surface area contributed by atoms with E-state index in [1.165, 1.54) is 47.4 Å². The number of hydrogen-bond donors (Lipinski definition) is 1. The van der Waals surface area contributed by atoms with Crippen molar-refractivity contribution in [2.24, 2.45) is 0 Å². The van der Waals surface area contributed by atoms with Crippen LogP contribution >= 0.6 is 23.2 Å². The maximum Gasteiger partial charge on any atom is 0.244 e. The molecular formula is C24H28Cl2FN3O4S. The van der Waals surface area contributed by atoms with Gasteiger partial charge in [-0.15, -0.1) is 0 Å². The second kappa shape index (κ2) is 11.6. The van der Waals surface area contributed by atoms with Gasteiger partial charge in [0.05, 0.1) is 22.0 Å². The van der Waals surface area contributed by atoms with Gasteiger partial charge in [-0.25, -0.2) is 12.8 Å². The Balaban J connectivity index is 1.88. The van der Waals surface area contributed by atoms with Gasteiger partial charge >= 0.3 is 0 Å². The summed E-state index contributed by atoms with van der Waals surface area (Å²) in [6.07, 6.45) is 4.80. The van der Waals surface area contributed by atoms with E-state index in [2.05, 4.69) is 5.32 Å². The smallest absolute Gasteiger partial charge is 0.244 e. The zero-order chi connectivity index (χ0) is 25.8. The van der Waals surface area contributed by atoms with Crippen LogP contribution in [0.4, 0.5) is 10.1 Å². The van der Waals surface area contributed by atoms with Crippen LogP contribution in [0.3, 0.4) is 0 Å². The summed E-state index contributed by atoms with van der Waals surface area (Å²) in [6, 6.07) is 8.98. The van der Waals surface area contributed by atoms with Crippen LogP contribution in [-0.2, 0) is 26.2 Å². The Morgan fingerprint density at radius 3 is 2.29 bits per heavy atom. The summed E-state index contributed by atoms with van der Waals surface area (Å²) >= 11 is 12.0. The van der Waals surface area contributed by atoms with E-state index >= 15 is 0 Å². The number of sulfonamides is 1. The van der Waals surface area contributed by atoms with E-state index in [1.807, 2.05) is 0 Å². The lowest BCUT2D eigenvalue weighted by Gasteiger charge is -2.32. The molecule has 1 N–H and O–H groups in total. The van der Waals surface area contributed by atoms with Gasteiger partial charge in [0.1, 0.15) is 18.4 Å². The number of amides is 2. The Labute approximate surface area is 215 Å². The molecule has 1 saturated carbocycles. The van der Waals surface area contributed by atoms with Crippen LogP contribution in [-0.4, -0.2) is 50.0 Å². The number of rotatable bonds is 9. The molecule has 7 nitrogen and oxygen atoms in total. The SMILES string of the molecule is CC(C(=O)NC1CCCC1)N(Cc1ccc(F)cc1)C(=O)CN(c1ccc(Cl)c(Cl)c1)S(C)(=O)=O. The lowest BCUT2D eigenvalue weighted by atomic mass is 10.1. The first-order valence-electron chi connectivity index (χ1n) is 11.2. The van der Waals surface area contributed by atoms with Gasteiger partial charge in [-0.1, -0.05) is 48.2 Å². The second-order valence-electron chi connectivity index (χ2n) is 8.68. The van der Waals surface area contributed by atoms with Crippen molar-refractivity contribution in [2.75, 3.05) is 17.1 Å². The van der Waals surface area contributed by atoms with Crippen molar-refractivity contribution in [2.45, 2.75) is 51.2 Å². The molecule has 2 amide bonds. The Morgan fingerprint density at radius 1 is 1.09 bits per heavy atom. The Kier molecular flexibility index (Phi) is 9.01. The fraction of sp³-hybridized carbons (Fsp3) is 0.417. The molecule has 0 bridgehead atoms. The van der Waals surface area contributed by atoms with Crippen molar-refractivity contribution in [1.29, 1.82) is 0 Å². The first kappa shape index (κ1) is 27.2. The number of nitrogens with one attached hydrogen (secondary N) is 1. The van der Waals surface area contributed by atoms with Crippen molar-refractivity contribution in [3.8, 4) is 0 Å². The van der Waals surface area contributed by atoms with Crippen LogP contribution in [0.2, 0.25) is 10.0 Å². The van der Waals surface area contributed by atoms with E-state index in [9.17, 15) is 22.4 Å². The van der Waals surface area contributed by atoms with Gasteiger partial charge in [-0.2, -0.15) is 0 Å². The molecule has 2 aromatic carbocycles. The molecule has 1 atom stereocenters.